The van der Waals surface area contributed by atoms with Gasteiger partial charge in [-0.1, -0.05) is 37.6 Å². The molecule has 30 heavy (non-hydrogen) atoms. The van der Waals surface area contributed by atoms with Gasteiger partial charge in [0.15, 0.2) is 0 Å². The Morgan fingerprint density at radius 2 is 1.50 bits per heavy atom. The third kappa shape index (κ3) is 3.79. The van der Waals surface area contributed by atoms with Crippen LogP contribution in [0.5, 0.6) is 0 Å². The van der Waals surface area contributed by atoms with Crippen molar-refractivity contribution in [1.29, 1.82) is 0 Å². The molecule has 2 amide bonds. The van der Waals surface area contributed by atoms with Crippen molar-refractivity contribution >= 4 is 40.5 Å². The second-order valence-electron chi connectivity index (χ2n) is 8.35. The second-order valence-corrected chi connectivity index (χ2v) is 9.93. The van der Waals surface area contributed by atoms with Crippen molar-refractivity contribution in [3.05, 3.63) is 64.1 Å². The molecule has 0 bridgehead atoms. The van der Waals surface area contributed by atoms with E-state index < -0.39 is 0 Å². The first kappa shape index (κ1) is 20.7. The summed E-state index contributed by atoms with van der Waals surface area (Å²) in [4.78, 5) is 31.1. The molecule has 0 unspecified atom stereocenters. The van der Waals surface area contributed by atoms with Crippen molar-refractivity contribution in [3.63, 3.8) is 0 Å². The molecule has 0 N–H and O–H groups in total. The van der Waals surface area contributed by atoms with Crippen molar-refractivity contribution in [2.24, 2.45) is 0 Å². The van der Waals surface area contributed by atoms with Crippen LogP contribution in [-0.4, -0.2) is 30.2 Å². The fourth-order valence-electron chi connectivity index (χ4n) is 4.21. The molecule has 2 aliphatic heterocycles. The molecule has 0 radical (unpaired) electrons. The van der Waals surface area contributed by atoms with Gasteiger partial charge in [-0.25, -0.2) is 4.90 Å². The van der Waals surface area contributed by atoms with Crippen LogP contribution in [0.1, 0.15) is 43.4 Å². The van der Waals surface area contributed by atoms with Gasteiger partial charge in [-0.3, -0.25) is 9.59 Å². The van der Waals surface area contributed by atoms with E-state index in [0.29, 0.717) is 16.2 Å². The molecule has 0 spiro atoms. The van der Waals surface area contributed by atoms with Crippen LogP contribution in [0, 0.1) is 13.8 Å². The number of carbonyl (C=O) groups is 2. The summed E-state index contributed by atoms with van der Waals surface area (Å²) in [5.41, 5.74) is 5.31. The van der Waals surface area contributed by atoms with E-state index in [4.69, 9.17) is 0 Å². The molecule has 156 valence electrons. The Balaban J connectivity index is 1.72. The van der Waals surface area contributed by atoms with Crippen LogP contribution in [0.25, 0.3) is 5.57 Å². The summed E-state index contributed by atoms with van der Waals surface area (Å²) in [6.07, 6.45) is 2.42. The SMILES string of the molecule is Cc1ccc(C2=C(SC(C)C)C(=O)N(c3ccc(N4CCCC4)cc3)C2=O)c(C)c1. The third-order valence-electron chi connectivity index (χ3n) is 5.63. The summed E-state index contributed by atoms with van der Waals surface area (Å²) < 4.78 is 0. The van der Waals surface area contributed by atoms with E-state index in [1.54, 1.807) is 0 Å². The molecule has 2 aliphatic rings. The summed E-state index contributed by atoms with van der Waals surface area (Å²) in [6, 6.07) is 13.9. The maximum absolute atomic E-state index is 13.5. The van der Waals surface area contributed by atoms with Gasteiger partial charge in [0.05, 0.1) is 16.2 Å². The van der Waals surface area contributed by atoms with Crippen molar-refractivity contribution in [3.8, 4) is 0 Å². The monoisotopic (exact) mass is 420 g/mol. The number of thioether (sulfide) groups is 1. The minimum Gasteiger partial charge on any atom is -0.372 e. The maximum Gasteiger partial charge on any atom is 0.272 e. The Morgan fingerprint density at radius 3 is 2.10 bits per heavy atom. The lowest BCUT2D eigenvalue weighted by Crippen LogP contribution is -2.31. The number of amides is 2. The Hall–Kier alpha value is -2.53. The molecule has 0 atom stereocenters. The molecule has 1 fully saturated rings. The largest absolute Gasteiger partial charge is 0.372 e. The Morgan fingerprint density at radius 1 is 0.867 bits per heavy atom. The van der Waals surface area contributed by atoms with E-state index in [9.17, 15) is 9.59 Å². The van der Waals surface area contributed by atoms with Crippen molar-refractivity contribution < 1.29 is 9.59 Å². The van der Waals surface area contributed by atoms with Crippen molar-refractivity contribution in [2.75, 3.05) is 22.9 Å². The molecule has 0 aromatic heterocycles. The van der Waals surface area contributed by atoms with Crippen LogP contribution in [0.15, 0.2) is 47.4 Å². The van der Waals surface area contributed by atoms with Gasteiger partial charge in [-0.2, -0.15) is 0 Å². The second kappa shape index (κ2) is 8.31. The highest BCUT2D eigenvalue weighted by Crippen LogP contribution is 2.41. The molecule has 5 heteroatoms. The van der Waals surface area contributed by atoms with Crippen LogP contribution in [0.4, 0.5) is 11.4 Å². The molecule has 4 rings (SSSR count). The zero-order chi connectivity index (χ0) is 21.4. The van der Waals surface area contributed by atoms with Crippen LogP contribution in [0.2, 0.25) is 0 Å². The molecular formula is C25H28N2O2S. The van der Waals surface area contributed by atoms with Gasteiger partial charge >= 0.3 is 0 Å². The lowest BCUT2D eigenvalue weighted by atomic mass is 9.99. The molecule has 1 saturated heterocycles. The normalized spacial score (nSPS) is 17.1. The smallest absolute Gasteiger partial charge is 0.272 e. The Labute approximate surface area is 182 Å². The number of nitrogens with zero attached hydrogens (tertiary/aromatic N) is 2. The molecule has 4 nitrogen and oxygen atoms in total. The maximum atomic E-state index is 13.5. The van der Waals surface area contributed by atoms with Crippen LogP contribution in [-0.2, 0) is 9.59 Å². The average molecular weight is 421 g/mol. The zero-order valence-electron chi connectivity index (χ0n) is 18.1. The number of carbonyl (C=O) groups excluding carboxylic acids is 2. The Bertz CT molecular complexity index is 1020. The molecule has 0 aliphatic carbocycles. The van der Waals surface area contributed by atoms with Gasteiger partial charge in [0.1, 0.15) is 0 Å². The van der Waals surface area contributed by atoms with E-state index in [-0.39, 0.29) is 17.1 Å². The molecule has 0 saturated carbocycles. The lowest BCUT2D eigenvalue weighted by Gasteiger charge is -2.20. The highest BCUT2D eigenvalue weighted by Gasteiger charge is 2.41. The van der Waals surface area contributed by atoms with Gasteiger partial charge in [-0.15, -0.1) is 11.8 Å². The minimum atomic E-state index is -0.232. The fourth-order valence-corrected chi connectivity index (χ4v) is 5.19. The zero-order valence-corrected chi connectivity index (χ0v) is 18.9. The number of anilines is 2. The quantitative estimate of drug-likeness (QED) is 0.613. The summed E-state index contributed by atoms with van der Waals surface area (Å²) in [5, 5.41) is 0.204. The molecular weight excluding hydrogens is 392 g/mol. The van der Waals surface area contributed by atoms with Gasteiger partial charge in [0.25, 0.3) is 11.8 Å². The van der Waals surface area contributed by atoms with E-state index in [2.05, 4.69) is 11.0 Å². The first-order chi connectivity index (χ1) is 14.4. The molecule has 2 aromatic carbocycles. The van der Waals surface area contributed by atoms with Gasteiger partial charge in [0, 0.05) is 24.0 Å². The van der Waals surface area contributed by atoms with Crippen molar-refractivity contribution in [1.82, 2.24) is 0 Å². The number of hydrogen-bond donors (Lipinski definition) is 0. The van der Waals surface area contributed by atoms with Crippen LogP contribution < -0.4 is 9.80 Å². The fraction of sp³-hybridized carbons (Fsp3) is 0.360. The van der Waals surface area contributed by atoms with E-state index in [1.165, 1.54) is 29.5 Å². The topological polar surface area (TPSA) is 40.6 Å². The van der Waals surface area contributed by atoms with Gasteiger partial charge < -0.3 is 4.90 Å². The van der Waals surface area contributed by atoms with Crippen molar-refractivity contribution in [2.45, 2.75) is 45.8 Å². The summed E-state index contributed by atoms with van der Waals surface area (Å²) in [6.45, 7) is 10.2. The van der Waals surface area contributed by atoms with E-state index in [1.807, 2.05) is 64.1 Å². The van der Waals surface area contributed by atoms with Crippen LogP contribution in [0.3, 0.4) is 0 Å². The number of imide groups is 1. The van der Waals surface area contributed by atoms with E-state index >= 15 is 0 Å². The number of benzene rings is 2. The lowest BCUT2D eigenvalue weighted by molar-refractivity contribution is -0.119. The number of hydrogen-bond acceptors (Lipinski definition) is 4. The Kier molecular flexibility index (Phi) is 5.74. The average Bonchev–Trinajstić information content (AvgIpc) is 3.31. The third-order valence-corrected chi connectivity index (χ3v) is 6.71. The standard InChI is InChI=1S/C25H28N2O2S/c1-16(2)30-23-22(21-12-7-17(3)15-18(21)4)24(28)27(25(23)29)20-10-8-19(9-11-20)26-13-5-6-14-26/h7-12,15-16H,5-6,13-14H2,1-4H3. The van der Waals surface area contributed by atoms with E-state index in [0.717, 1.165) is 35.5 Å². The molecule has 2 heterocycles. The molecule has 2 aromatic rings. The number of aryl methyl sites for hydroxylation is 2. The van der Waals surface area contributed by atoms with Gasteiger partial charge in [-0.05, 0) is 62.1 Å². The minimum absolute atomic E-state index is 0.204. The highest BCUT2D eigenvalue weighted by atomic mass is 32.2. The first-order valence-electron chi connectivity index (χ1n) is 10.6. The highest BCUT2D eigenvalue weighted by molar-refractivity contribution is 8.04. The first-order valence-corrected chi connectivity index (χ1v) is 11.5. The predicted octanol–water partition coefficient (Wildman–Crippen LogP) is 5.33. The van der Waals surface area contributed by atoms with Gasteiger partial charge in [0.2, 0.25) is 0 Å². The van der Waals surface area contributed by atoms with Crippen LogP contribution >= 0.6 is 11.8 Å². The predicted molar refractivity (Wildman–Crippen MR) is 126 cm³/mol. The summed E-state index contributed by atoms with van der Waals surface area (Å²) in [5.74, 6) is -0.452. The number of rotatable bonds is 5. The summed E-state index contributed by atoms with van der Waals surface area (Å²) in [7, 11) is 0. The summed E-state index contributed by atoms with van der Waals surface area (Å²) >= 11 is 1.47.